The molecule has 0 fully saturated rings. The van der Waals surface area contributed by atoms with Crippen molar-refractivity contribution >= 4 is 15.9 Å². The topological polar surface area (TPSA) is 35.2 Å². The molecule has 0 saturated heterocycles. The molecule has 3 heteroatoms. The maximum Gasteiger partial charge on any atom is 0.0655 e. The second-order valence-corrected chi connectivity index (χ2v) is 3.53. The highest BCUT2D eigenvalue weighted by atomic mass is 79.9. The largest absolute Gasteiger partial charge is 0.383 e. The molecule has 0 aliphatic heterocycles. The minimum absolute atomic E-state index is 0.0347. The average molecular weight is 230 g/mol. The van der Waals surface area contributed by atoms with Gasteiger partial charge in [0.1, 0.15) is 0 Å². The zero-order chi connectivity index (χ0) is 8.97. The Hall–Kier alpha value is -0.380. The first kappa shape index (κ1) is 9.71. The molecular weight excluding hydrogens is 218 g/mol. The van der Waals surface area contributed by atoms with Crippen LogP contribution in [0.3, 0.4) is 0 Å². The van der Waals surface area contributed by atoms with Crippen molar-refractivity contribution in [3.8, 4) is 0 Å². The van der Waals surface area contributed by atoms with E-state index in [1.807, 2.05) is 24.3 Å². The van der Waals surface area contributed by atoms with Crippen LogP contribution in [-0.2, 0) is 4.74 Å². The van der Waals surface area contributed by atoms with E-state index in [2.05, 4.69) is 15.9 Å². The second-order valence-electron chi connectivity index (χ2n) is 2.62. The molecule has 0 spiro atoms. The summed E-state index contributed by atoms with van der Waals surface area (Å²) in [6.07, 6.45) is 0. The van der Waals surface area contributed by atoms with Crippen LogP contribution in [0.4, 0.5) is 0 Å². The molecule has 0 aliphatic rings. The molecule has 12 heavy (non-hydrogen) atoms. The van der Waals surface area contributed by atoms with Crippen LogP contribution >= 0.6 is 15.9 Å². The van der Waals surface area contributed by atoms with E-state index in [0.717, 1.165) is 10.0 Å². The summed E-state index contributed by atoms with van der Waals surface area (Å²) in [6.45, 7) is 0.552. The molecule has 0 aliphatic carbocycles. The fourth-order valence-corrected chi connectivity index (χ4v) is 1.43. The van der Waals surface area contributed by atoms with E-state index in [0.29, 0.717) is 6.61 Å². The number of methoxy groups -OCH3 is 1. The third kappa shape index (κ3) is 2.59. The summed E-state index contributed by atoms with van der Waals surface area (Å²) >= 11 is 3.39. The minimum Gasteiger partial charge on any atom is -0.383 e. The van der Waals surface area contributed by atoms with E-state index < -0.39 is 0 Å². The van der Waals surface area contributed by atoms with Gasteiger partial charge in [-0.1, -0.05) is 28.1 Å². The first-order valence-corrected chi connectivity index (χ1v) is 4.53. The summed E-state index contributed by atoms with van der Waals surface area (Å²) < 4.78 is 6.01. The zero-order valence-electron chi connectivity index (χ0n) is 6.96. The predicted octanol–water partition coefficient (Wildman–Crippen LogP) is 2.10. The number of nitrogens with two attached hydrogens (primary N) is 1. The van der Waals surface area contributed by atoms with Gasteiger partial charge in [0.25, 0.3) is 0 Å². The minimum atomic E-state index is -0.0347. The number of benzene rings is 1. The fourth-order valence-electron chi connectivity index (χ4n) is 1.01. The van der Waals surface area contributed by atoms with Crippen LogP contribution in [-0.4, -0.2) is 13.7 Å². The monoisotopic (exact) mass is 229 g/mol. The Morgan fingerprint density at radius 2 is 2.33 bits per heavy atom. The Balaban J connectivity index is 2.73. The fraction of sp³-hybridized carbons (Fsp3) is 0.333. The van der Waals surface area contributed by atoms with Gasteiger partial charge >= 0.3 is 0 Å². The molecule has 1 aromatic rings. The van der Waals surface area contributed by atoms with E-state index >= 15 is 0 Å². The molecule has 0 bridgehead atoms. The standard InChI is InChI=1S/C9H12BrNO/c1-12-6-9(11)7-3-2-4-8(10)5-7/h2-5,9H,6,11H2,1H3/t9-/m0/s1. The molecule has 0 unspecified atom stereocenters. The third-order valence-corrected chi connectivity index (χ3v) is 2.12. The highest BCUT2D eigenvalue weighted by molar-refractivity contribution is 9.10. The summed E-state index contributed by atoms with van der Waals surface area (Å²) in [5, 5.41) is 0. The third-order valence-electron chi connectivity index (χ3n) is 1.62. The van der Waals surface area contributed by atoms with Crippen molar-refractivity contribution in [3.63, 3.8) is 0 Å². The van der Waals surface area contributed by atoms with Crippen LogP contribution in [0.5, 0.6) is 0 Å². The van der Waals surface area contributed by atoms with Crippen molar-refractivity contribution in [1.29, 1.82) is 0 Å². The molecule has 1 aromatic carbocycles. The van der Waals surface area contributed by atoms with Crippen molar-refractivity contribution in [2.24, 2.45) is 5.73 Å². The van der Waals surface area contributed by atoms with Crippen molar-refractivity contribution < 1.29 is 4.74 Å². The highest BCUT2D eigenvalue weighted by Gasteiger charge is 2.04. The van der Waals surface area contributed by atoms with E-state index in [1.165, 1.54) is 0 Å². The van der Waals surface area contributed by atoms with Gasteiger partial charge < -0.3 is 10.5 Å². The van der Waals surface area contributed by atoms with Gasteiger partial charge in [0.2, 0.25) is 0 Å². The summed E-state index contributed by atoms with van der Waals surface area (Å²) in [5.41, 5.74) is 6.92. The van der Waals surface area contributed by atoms with Gasteiger partial charge in [-0.3, -0.25) is 0 Å². The molecule has 2 N–H and O–H groups in total. The molecule has 1 rings (SSSR count). The summed E-state index contributed by atoms with van der Waals surface area (Å²) in [4.78, 5) is 0. The number of hydrogen-bond donors (Lipinski definition) is 1. The number of rotatable bonds is 3. The number of hydrogen-bond acceptors (Lipinski definition) is 2. The molecule has 0 amide bonds. The Bertz CT molecular complexity index is 252. The lowest BCUT2D eigenvalue weighted by atomic mass is 10.1. The van der Waals surface area contributed by atoms with E-state index in [-0.39, 0.29) is 6.04 Å². The van der Waals surface area contributed by atoms with Gasteiger partial charge in [-0.2, -0.15) is 0 Å². The summed E-state index contributed by atoms with van der Waals surface area (Å²) in [7, 11) is 1.65. The first-order chi connectivity index (χ1) is 5.74. The smallest absolute Gasteiger partial charge is 0.0655 e. The molecule has 0 heterocycles. The predicted molar refractivity (Wildman–Crippen MR) is 52.9 cm³/mol. The van der Waals surface area contributed by atoms with Gasteiger partial charge in [0.15, 0.2) is 0 Å². The van der Waals surface area contributed by atoms with Crippen LogP contribution < -0.4 is 5.73 Å². The van der Waals surface area contributed by atoms with E-state index in [4.69, 9.17) is 10.5 Å². The number of ether oxygens (including phenoxy) is 1. The van der Waals surface area contributed by atoms with Gasteiger partial charge in [0, 0.05) is 11.6 Å². The molecule has 0 aromatic heterocycles. The highest BCUT2D eigenvalue weighted by Crippen LogP contribution is 2.16. The van der Waals surface area contributed by atoms with Crippen molar-refractivity contribution in [3.05, 3.63) is 34.3 Å². The SMILES string of the molecule is COC[C@H](N)c1cccc(Br)c1. The lowest BCUT2D eigenvalue weighted by molar-refractivity contribution is 0.181. The molecule has 1 atom stereocenters. The van der Waals surface area contributed by atoms with Crippen molar-refractivity contribution in [1.82, 2.24) is 0 Å². The molecule has 0 saturated carbocycles. The number of halogens is 1. The van der Waals surface area contributed by atoms with Gasteiger partial charge in [-0.05, 0) is 17.7 Å². The first-order valence-electron chi connectivity index (χ1n) is 3.74. The summed E-state index contributed by atoms with van der Waals surface area (Å²) in [6, 6.07) is 7.91. The Morgan fingerprint density at radius 3 is 2.92 bits per heavy atom. The summed E-state index contributed by atoms with van der Waals surface area (Å²) in [5.74, 6) is 0. The Kier molecular flexibility index (Phi) is 3.72. The van der Waals surface area contributed by atoms with Crippen LogP contribution in [0.25, 0.3) is 0 Å². The van der Waals surface area contributed by atoms with Gasteiger partial charge in [-0.25, -0.2) is 0 Å². The average Bonchev–Trinajstić information content (AvgIpc) is 2.05. The van der Waals surface area contributed by atoms with Gasteiger partial charge in [-0.15, -0.1) is 0 Å². The quantitative estimate of drug-likeness (QED) is 0.862. The second kappa shape index (κ2) is 4.60. The van der Waals surface area contributed by atoms with Crippen LogP contribution in [0, 0.1) is 0 Å². The molecule has 2 nitrogen and oxygen atoms in total. The lowest BCUT2D eigenvalue weighted by Gasteiger charge is -2.10. The van der Waals surface area contributed by atoms with Crippen molar-refractivity contribution in [2.45, 2.75) is 6.04 Å². The van der Waals surface area contributed by atoms with E-state index in [1.54, 1.807) is 7.11 Å². The maximum absolute atomic E-state index is 5.83. The molecule has 0 radical (unpaired) electrons. The normalized spacial score (nSPS) is 12.9. The molecular formula is C9H12BrNO. The van der Waals surface area contributed by atoms with Crippen LogP contribution in [0.1, 0.15) is 11.6 Å². The van der Waals surface area contributed by atoms with Crippen LogP contribution in [0.2, 0.25) is 0 Å². The Labute approximate surface area is 80.8 Å². The van der Waals surface area contributed by atoms with Crippen LogP contribution in [0.15, 0.2) is 28.7 Å². The van der Waals surface area contributed by atoms with Crippen molar-refractivity contribution in [2.75, 3.05) is 13.7 Å². The maximum atomic E-state index is 5.83. The van der Waals surface area contributed by atoms with Gasteiger partial charge in [0.05, 0.1) is 12.6 Å². The van der Waals surface area contributed by atoms with E-state index in [9.17, 15) is 0 Å². The molecule has 66 valence electrons. The lowest BCUT2D eigenvalue weighted by Crippen LogP contribution is -2.15. The Morgan fingerprint density at radius 1 is 1.58 bits per heavy atom. The zero-order valence-corrected chi connectivity index (χ0v) is 8.54.